The Bertz CT molecular complexity index is 838. The SMILES string of the molecule is O=S(=O)(N[C@@H]1C[C@H]1c1ccsc1)c1c(F)c(F)c(F)c(F)c1F. The molecule has 0 spiro atoms. The molecule has 1 N–H and O–H groups in total. The third-order valence-corrected chi connectivity index (χ3v) is 5.72. The highest BCUT2D eigenvalue weighted by molar-refractivity contribution is 7.89. The number of benzene rings is 1. The van der Waals surface area contributed by atoms with Crippen molar-refractivity contribution in [1.82, 2.24) is 4.72 Å². The standard InChI is InChI=1S/C13H8F5NO2S2/c14-8-9(15)11(17)13(12(18)10(8)16)23(20,21)19-7-3-6(7)5-1-2-22-4-5/h1-2,4,6-7,19H,3H2/t6-,7+/m0/s1. The molecule has 0 amide bonds. The summed E-state index contributed by atoms with van der Waals surface area (Å²) in [6.45, 7) is 0. The van der Waals surface area contributed by atoms with Crippen LogP contribution in [0.4, 0.5) is 22.0 Å². The lowest BCUT2D eigenvalue weighted by atomic mass is 10.2. The van der Waals surface area contributed by atoms with Crippen molar-refractivity contribution in [2.24, 2.45) is 0 Å². The van der Waals surface area contributed by atoms with Crippen molar-refractivity contribution < 1.29 is 30.4 Å². The van der Waals surface area contributed by atoms with E-state index in [2.05, 4.69) is 0 Å². The quantitative estimate of drug-likeness (QED) is 0.511. The topological polar surface area (TPSA) is 46.2 Å². The van der Waals surface area contributed by atoms with Gasteiger partial charge in [0.2, 0.25) is 15.8 Å². The fraction of sp³-hybridized carbons (Fsp3) is 0.231. The molecule has 124 valence electrons. The van der Waals surface area contributed by atoms with Gasteiger partial charge in [-0.05, 0) is 28.8 Å². The van der Waals surface area contributed by atoms with Crippen LogP contribution in [0, 0.1) is 29.1 Å². The number of hydrogen-bond acceptors (Lipinski definition) is 3. The van der Waals surface area contributed by atoms with E-state index in [4.69, 9.17) is 0 Å². The Kier molecular flexibility index (Phi) is 3.93. The Labute approximate surface area is 131 Å². The molecular formula is C13H8F5NO2S2. The van der Waals surface area contributed by atoms with Gasteiger partial charge in [-0.1, -0.05) is 0 Å². The summed E-state index contributed by atoms with van der Waals surface area (Å²) in [7, 11) is -4.89. The lowest BCUT2D eigenvalue weighted by Crippen LogP contribution is -2.29. The van der Waals surface area contributed by atoms with Crippen molar-refractivity contribution in [1.29, 1.82) is 0 Å². The molecule has 1 aliphatic carbocycles. The van der Waals surface area contributed by atoms with Crippen LogP contribution in [-0.4, -0.2) is 14.5 Å². The minimum atomic E-state index is -4.89. The number of rotatable bonds is 4. The van der Waals surface area contributed by atoms with Crippen LogP contribution >= 0.6 is 11.3 Å². The Hall–Kier alpha value is -1.52. The molecule has 3 rings (SSSR count). The van der Waals surface area contributed by atoms with Crippen molar-refractivity contribution in [2.45, 2.75) is 23.3 Å². The second kappa shape index (κ2) is 5.53. The first kappa shape index (κ1) is 16.3. The summed E-state index contributed by atoms with van der Waals surface area (Å²) in [4.78, 5) is -1.86. The fourth-order valence-corrected chi connectivity index (χ4v) is 4.41. The van der Waals surface area contributed by atoms with Gasteiger partial charge >= 0.3 is 0 Å². The van der Waals surface area contributed by atoms with Gasteiger partial charge in [0.1, 0.15) is 0 Å². The maximum atomic E-state index is 13.6. The van der Waals surface area contributed by atoms with Crippen LogP contribution in [0.15, 0.2) is 21.7 Å². The highest BCUT2D eigenvalue weighted by Crippen LogP contribution is 2.42. The van der Waals surface area contributed by atoms with E-state index in [1.807, 2.05) is 4.72 Å². The smallest absolute Gasteiger partial charge is 0.207 e. The van der Waals surface area contributed by atoms with Gasteiger partial charge in [-0.2, -0.15) is 11.3 Å². The highest BCUT2D eigenvalue weighted by Gasteiger charge is 2.43. The largest absolute Gasteiger partial charge is 0.246 e. The van der Waals surface area contributed by atoms with E-state index in [1.54, 1.807) is 16.8 Å². The molecule has 0 bridgehead atoms. The van der Waals surface area contributed by atoms with Crippen LogP contribution in [0.5, 0.6) is 0 Å². The average Bonchev–Trinajstić information content (AvgIpc) is 3.01. The zero-order valence-corrected chi connectivity index (χ0v) is 12.7. The summed E-state index contributed by atoms with van der Waals surface area (Å²) in [5.74, 6) is -11.9. The van der Waals surface area contributed by atoms with Crippen LogP contribution in [0.3, 0.4) is 0 Å². The summed E-state index contributed by atoms with van der Waals surface area (Å²) >= 11 is 1.40. The number of halogens is 5. The zero-order valence-electron chi connectivity index (χ0n) is 11.1. The average molecular weight is 369 g/mol. The Morgan fingerprint density at radius 1 is 1.00 bits per heavy atom. The molecule has 1 aromatic carbocycles. The molecular weight excluding hydrogens is 361 g/mol. The van der Waals surface area contributed by atoms with Crippen molar-refractivity contribution in [3.63, 3.8) is 0 Å². The molecule has 0 radical (unpaired) electrons. The molecule has 1 saturated carbocycles. The maximum absolute atomic E-state index is 13.6. The van der Waals surface area contributed by atoms with Gasteiger partial charge in [-0.3, -0.25) is 0 Å². The van der Waals surface area contributed by atoms with E-state index in [-0.39, 0.29) is 5.92 Å². The van der Waals surface area contributed by atoms with Crippen LogP contribution in [0.25, 0.3) is 0 Å². The Morgan fingerprint density at radius 2 is 1.57 bits per heavy atom. The molecule has 3 nitrogen and oxygen atoms in total. The van der Waals surface area contributed by atoms with Crippen molar-refractivity contribution in [3.8, 4) is 0 Å². The van der Waals surface area contributed by atoms with Crippen molar-refractivity contribution in [3.05, 3.63) is 51.5 Å². The highest BCUT2D eigenvalue weighted by atomic mass is 32.2. The lowest BCUT2D eigenvalue weighted by molar-refractivity contribution is 0.357. The summed E-state index contributed by atoms with van der Waals surface area (Å²) in [5.41, 5.74) is 0.847. The Balaban J connectivity index is 1.93. The molecule has 1 fully saturated rings. The second-order valence-corrected chi connectivity index (χ2v) is 7.46. The number of thiophene rings is 1. The summed E-state index contributed by atoms with van der Waals surface area (Å²) < 4.78 is 92.4. The molecule has 2 atom stereocenters. The first-order valence-electron chi connectivity index (χ1n) is 6.30. The molecule has 1 aliphatic rings. The summed E-state index contributed by atoms with van der Waals surface area (Å²) in [6, 6.07) is 1.12. The molecule has 0 unspecified atom stereocenters. The van der Waals surface area contributed by atoms with E-state index in [9.17, 15) is 30.4 Å². The van der Waals surface area contributed by atoms with E-state index in [0.717, 1.165) is 5.56 Å². The molecule has 0 saturated heterocycles. The van der Waals surface area contributed by atoms with Gasteiger partial charge in [0.05, 0.1) is 0 Å². The van der Waals surface area contributed by atoms with Crippen LogP contribution in [0.2, 0.25) is 0 Å². The summed E-state index contributed by atoms with van der Waals surface area (Å²) in [5, 5.41) is 3.57. The number of sulfonamides is 1. The molecule has 1 heterocycles. The first-order valence-corrected chi connectivity index (χ1v) is 8.72. The zero-order chi connectivity index (χ0) is 16.9. The van der Waals surface area contributed by atoms with Crippen molar-refractivity contribution >= 4 is 21.4 Å². The van der Waals surface area contributed by atoms with Gasteiger partial charge in [-0.25, -0.2) is 35.1 Å². The van der Waals surface area contributed by atoms with Gasteiger partial charge in [0.15, 0.2) is 28.2 Å². The normalized spacial score (nSPS) is 20.7. The predicted octanol–water partition coefficient (Wildman–Crippen LogP) is 3.28. The van der Waals surface area contributed by atoms with E-state index >= 15 is 0 Å². The van der Waals surface area contributed by atoms with Gasteiger partial charge in [-0.15, -0.1) is 0 Å². The third kappa shape index (κ3) is 2.74. The minimum Gasteiger partial charge on any atom is -0.207 e. The molecule has 10 heteroatoms. The van der Waals surface area contributed by atoms with E-state index < -0.39 is 50.0 Å². The summed E-state index contributed by atoms with van der Waals surface area (Å²) in [6.07, 6.45) is 0.380. The molecule has 23 heavy (non-hydrogen) atoms. The van der Waals surface area contributed by atoms with Gasteiger partial charge < -0.3 is 0 Å². The first-order chi connectivity index (χ1) is 10.7. The van der Waals surface area contributed by atoms with Crippen molar-refractivity contribution in [2.75, 3.05) is 0 Å². The van der Waals surface area contributed by atoms with Crippen LogP contribution in [-0.2, 0) is 10.0 Å². The third-order valence-electron chi connectivity index (χ3n) is 3.51. The van der Waals surface area contributed by atoms with Gasteiger partial charge in [0, 0.05) is 12.0 Å². The second-order valence-electron chi connectivity index (χ2n) is 5.03. The predicted molar refractivity (Wildman–Crippen MR) is 72.0 cm³/mol. The molecule has 0 aliphatic heterocycles. The van der Waals surface area contributed by atoms with Crippen LogP contribution < -0.4 is 4.72 Å². The monoisotopic (exact) mass is 369 g/mol. The van der Waals surface area contributed by atoms with Crippen LogP contribution in [0.1, 0.15) is 17.9 Å². The minimum absolute atomic E-state index is 0.183. The van der Waals surface area contributed by atoms with E-state index in [1.165, 1.54) is 11.3 Å². The lowest BCUT2D eigenvalue weighted by Gasteiger charge is -2.10. The number of hydrogen-bond donors (Lipinski definition) is 1. The maximum Gasteiger partial charge on any atom is 0.246 e. The van der Waals surface area contributed by atoms with E-state index in [0.29, 0.717) is 6.42 Å². The fourth-order valence-electron chi connectivity index (χ4n) is 2.26. The Morgan fingerprint density at radius 3 is 2.09 bits per heavy atom. The molecule has 2 aromatic rings. The number of nitrogens with one attached hydrogen (secondary N) is 1. The van der Waals surface area contributed by atoms with Gasteiger partial charge in [0.25, 0.3) is 0 Å². The molecule has 1 aromatic heterocycles.